The molecular weight excluding hydrogens is 1010 g/mol. The Morgan fingerprint density at radius 1 is 0.107 bits per heavy atom. The van der Waals surface area contributed by atoms with Crippen LogP contribution in [-0.2, 0) is 0 Å². The van der Waals surface area contributed by atoms with Crippen LogP contribution in [0.2, 0.25) is 0 Å². The summed E-state index contributed by atoms with van der Waals surface area (Å²) in [5.74, 6) is -0.774. The average molecular weight is 1060 g/mol. The van der Waals surface area contributed by atoms with Gasteiger partial charge < -0.3 is 0 Å². The third-order valence-corrected chi connectivity index (χ3v) is 20.5. The molecule has 0 unspecified atom stereocenters. The van der Waals surface area contributed by atoms with Crippen molar-refractivity contribution in [3.8, 4) is 66.8 Å². The summed E-state index contributed by atoms with van der Waals surface area (Å²) in [6.07, 6.45) is 0. The molecule has 0 saturated heterocycles. The molecule has 390 valence electrons. The van der Waals surface area contributed by atoms with Gasteiger partial charge in [-0.3, -0.25) is 0 Å². The molecule has 13 aromatic rings. The van der Waals surface area contributed by atoms with E-state index in [1.807, 2.05) is 0 Å². The Hall–Kier alpha value is -10.1. The first-order valence-corrected chi connectivity index (χ1v) is 30.1. The second kappa shape index (κ2) is 17.7. The Bertz CT molecular complexity index is 3870. The highest BCUT2D eigenvalue weighted by Gasteiger charge is 2.51. The van der Waals surface area contributed by atoms with Crippen LogP contribution in [0, 0.1) is 0 Å². The first-order valence-electron chi connectivity index (χ1n) is 30.1. The zero-order valence-corrected chi connectivity index (χ0v) is 46.2. The lowest BCUT2D eigenvalue weighted by Crippen LogP contribution is -2.26. The number of benzene rings is 13. The molecule has 6 aliphatic carbocycles. The van der Waals surface area contributed by atoms with Crippen molar-refractivity contribution in [2.24, 2.45) is 0 Å². The fraction of sp³-hybridized carbons (Fsp3) is 0.0714. The van der Waals surface area contributed by atoms with Gasteiger partial charge in [-0.25, -0.2) is 0 Å². The molecule has 0 spiro atoms. The van der Waals surface area contributed by atoms with Gasteiger partial charge in [0.1, 0.15) is 0 Å². The zero-order chi connectivity index (χ0) is 54.7. The van der Waals surface area contributed by atoms with Gasteiger partial charge in [0, 0.05) is 35.5 Å². The van der Waals surface area contributed by atoms with Crippen LogP contribution in [0.1, 0.15) is 136 Å². The second-order valence-electron chi connectivity index (χ2n) is 24.1. The third-order valence-electron chi connectivity index (χ3n) is 20.5. The summed E-state index contributed by atoms with van der Waals surface area (Å²) in [6, 6.07) is 114. The SMILES string of the molecule is c1ccc2c(c1)-c1ccccc1C2c1c(C2c3ccccc3-c3ccccc32)c(C2c3ccccc3-c3ccccc32)c(C2c3ccccc3-c3ccccc32)c(C2c3ccccc3-c3ccccc32)c1C1c2ccccc2-c2ccccc21. The highest BCUT2D eigenvalue weighted by Crippen LogP contribution is 2.67. The highest BCUT2D eigenvalue weighted by molar-refractivity contribution is 5.93. The van der Waals surface area contributed by atoms with Crippen molar-refractivity contribution in [2.45, 2.75) is 35.5 Å². The molecule has 0 nitrogen and oxygen atoms in total. The molecule has 19 rings (SSSR count). The average Bonchev–Trinajstić information content (AvgIpc) is 1.51. The molecule has 13 aromatic carbocycles. The largest absolute Gasteiger partial charge is 0.0619 e. The van der Waals surface area contributed by atoms with Gasteiger partial charge in [-0.1, -0.05) is 291 Å². The Morgan fingerprint density at radius 2 is 0.190 bits per heavy atom. The van der Waals surface area contributed by atoms with E-state index in [1.165, 1.54) is 167 Å². The Labute approximate surface area is 490 Å². The van der Waals surface area contributed by atoms with Crippen molar-refractivity contribution in [1.82, 2.24) is 0 Å². The minimum absolute atomic E-state index is 0.129. The van der Waals surface area contributed by atoms with Crippen LogP contribution < -0.4 is 0 Å². The van der Waals surface area contributed by atoms with Crippen molar-refractivity contribution in [3.05, 3.63) is 391 Å². The van der Waals surface area contributed by atoms with Crippen LogP contribution in [0.15, 0.2) is 291 Å². The normalized spacial score (nSPS) is 14.9. The maximum absolute atomic E-state index is 2.48. The van der Waals surface area contributed by atoms with Gasteiger partial charge in [-0.15, -0.1) is 0 Å². The second-order valence-corrected chi connectivity index (χ2v) is 24.1. The van der Waals surface area contributed by atoms with Crippen molar-refractivity contribution >= 4 is 0 Å². The van der Waals surface area contributed by atoms with E-state index >= 15 is 0 Å². The number of rotatable bonds is 6. The lowest BCUT2D eigenvalue weighted by atomic mass is 9.62. The van der Waals surface area contributed by atoms with Gasteiger partial charge in [0.05, 0.1) is 0 Å². The van der Waals surface area contributed by atoms with E-state index in [0.717, 1.165) is 0 Å². The predicted octanol–water partition coefficient (Wildman–Crippen LogP) is 20.7. The van der Waals surface area contributed by atoms with E-state index in [4.69, 9.17) is 0 Å². The van der Waals surface area contributed by atoms with E-state index in [1.54, 1.807) is 0 Å². The summed E-state index contributed by atoms with van der Waals surface area (Å²) in [5.41, 5.74) is 41.2. The summed E-state index contributed by atoms with van der Waals surface area (Å²) >= 11 is 0. The fourth-order valence-corrected chi connectivity index (χ4v) is 17.5. The fourth-order valence-electron chi connectivity index (χ4n) is 17.5. The van der Waals surface area contributed by atoms with E-state index in [9.17, 15) is 0 Å². The first kappa shape index (κ1) is 46.5. The lowest BCUT2D eigenvalue weighted by molar-refractivity contribution is 0.783. The zero-order valence-electron chi connectivity index (χ0n) is 46.2. The summed E-state index contributed by atoms with van der Waals surface area (Å²) in [4.78, 5) is 0. The molecule has 0 N–H and O–H groups in total. The van der Waals surface area contributed by atoms with E-state index in [2.05, 4.69) is 291 Å². The molecule has 0 heteroatoms. The molecule has 0 amide bonds. The molecule has 84 heavy (non-hydrogen) atoms. The lowest BCUT2D eigenvalue weighted by Gasteiger charge is -2.40. The summed E-state index contributed by atoms with van der Waals surface area (Å²) in [5, 5.41) is 0. The van der Waals surface area contributed by atoms with E-state index in [0.29, 0.717) is 0 Å². The van der Waals surface area contributed by atoms with Crippen molar-refractivity contribution < 1.29 is 0 Å². The van der Waals surface area contributed by atoms with Crippen LogP contribution in [0.3, 0.4) is 0 Å². The number of hydrogen-bond donors (Lipinski definition) is 0. The third kappa shape index (κ3) is 6.17. The van der Waals surface area contributed by atoms with Crippen LogP contribution in [0.5, 0.6) is 0 Å². The predicted molar refractivity (Wildman–Crippen MR) is 343 cm³/mol. The van der Waals surface area contributed by atoms with Crippen molar-refractivity contribution in [2.75, 3.05) is 0 Å². The maximum atomic E-state index is 2.48. The van der Waals surface area contributed by atoms with Gasteiger partial charge in [0.25, 0.3) is 0 Å². The smallest absolute Gasteiger partial charge is 0.0358 e. The quantitative estimate of drug-likeness (QED) is 0.156. The summed E-state index contributed by atoms with van der Waals surface area (Å²) in [6.45, 7) is 0. The standard InChI is InChI=1S/C84H54/c1-13-37-61-49(25-1)50-26-2-14-38-62(50)73(61)79-80(74-63-39-15-3-27-51(63)52-28-4-16-40-64(52)74)82(76-67-43-19-7-31-55(67)56-32-8-20-44-68(56)76)84(78-71-47-23-11-35-59(71)60-36-12-24-48-72(60)78)83(77-69-45-21-9-33-57(69)58-34-10-22-46-70(58)77)81(79)75-65-41-17-5-29-53(65)54-30-6-18-42-66(54)75/h1-48,73-78H. The van der Waals surface area contributed by atoms with Crippen LogP contribution >= 0.6 is 0 Å². The van der Waals surface area contributed by atoms with Crippen LogP contribution in [0.4, 0.5) is 0 Å². The number of hydrogen-bond acceptors (Lipinski definition) is 0. The van der Waals surface area contributed by atoms with Gasteiger partial charge in [-0.05, 0) is 167 Å². The molecule has 0 aliphatic heterocycles. The molecule has 0 aromatic heterocycles. The molecule has 0 bridgehead atoms. The van der Waals surface area contributed by atoms with Crippen LogP contribution in [-0.4, -0.2) is 0 Å². The highest BCUT2D eigenvalue weighted by atomic mass is 14.5. The minimum atomic E-state index is -0.129. The van der Waals surface area contributed by atoms with Crippen LogP contribution in [0.25, 0.3) is 66.8 Å². The molecule has 6 aliphatic rings. The molecule has 0 saturated carbocycles. The van der Waals surface area contributed by atoms with E-state index < -0.39 is 0 Å². The van der Waals surface area contributed by atoms with Gasteiger partial charge in [-0.2, -0.15) is 0 Å². The topological polar surface area (TPSA) is 0 Å². The number of fused-ring (bicyclic) bond motifs is 18. The van der Waals surface area contributed by atoms with Gasteiger partial charge >= 0.3 is 0 Å². The van der Waals surface area contributed by atoms with E-state index in [-0.39, 0.29) is 35.5 Å². The Balaban J connectivity index is 1.14. The first-order chi connectivity index (χ1) is 41.8. The molecule has 0 radical (unpaired) electrons. The summed E-state index contributed by atoms with van der Waals surface area (Å²) < 4.78 is 0. The van der Waals surface area contributed by atoms with Gasteiger partial charge in [0.15, 0.2) is 0 Å². The Morgan fingerprint density at radius 3 is 0.286 bits per heavy atom. The summed E-state index contributed by atoms with van der Waals surface area (Å²) in [7, 11) is 0. The Kier molecular flexibility index (Phi) is 9.78. The molecule has 0 heterocycles. The maximum Gasteiger partial charge on any atom is 0.0358 e. The molecule has 0 fully saturated rings. The van der Waals surface area contributed by atoms with Gasteiger partial charge in [0.2, 0.25) is 0 Å². The molecule has 0 atom stereocenters. The molecular formula is C84H54. The van der Waals surface area contributed by atoms with Crippen molar-refractivity contribution in [1.29, 1.82) is 0 Å². The van der Waals surface area contributed by atoms with Crippen molar-refractivity contribution in [3.63, 3.8) is 0 Å². The monoisotopic (exact) mass is 1060 g/mol. The minimum Gasteiger partial charge on any atom is -0.0619 e.